The Morgan fingerprint density at radius 1 is 0.447 bits per heavy atom. The summed E-state index contributed by atoms with van der Waals surface area (Å²) in [5.41, 5.74) is -8.13. The quantitative estimate of drug-likeness (QED) is 0.0649. The molecule has 0 aliphatic rings. The van der Waals surface area contributed by atoms with Crippen LogP contribution in [0.1, 0.15) is 51.4 Å². The van der Waals surface area contributed by atoms with Crippen molar-refractivity contribution < 1.29 is 87.8 Å². The summed E-state index contributed by atoms with van der Waals surface area (Å²) in [6.07, 6.45) is -28.1. The van der Waals surface area contributed by atoms with E-state index in [0.717, 1.165) is 26.2 Å². The van der Waals surface area contributed by atoms with E-state index in [0.29, 0.717) is 0 Å². The Kier molecular flexibility index (Phi) is 15.5. The van der Waals surface area contributed by atoms with Gasteiger partial charge in [0.05, 0.1) is 0 Å². The molecule has 284 valence electrons. The number of rotatable bonds is 20. The predicted molar refractivity (Wildman–Crippen MR) is 139 cm³/mol. The Balaban J connectivity index is 5.76. The van der Waals surface area contributed by atoms with Crippen molar-refractivity contribution in [1.82, 2.24) is 0 Å². The van der Waals surface area contributed by atoms with E-state index in [4.69, 9.17) is 0 Å². The first-order valence-corrected chi connectivity index (χ1v) is 27.0. The van der Waals surface area contributed by atoms with Crippen LogP contribution in [0.25, 0.3) is 0 Å². The monoisotopic (exact) mass is 888 g/mol. The third kappa shape index (κ3) is 13.1. The third-order valence-electron chi connectivity index (χ3n) is 6.73. The van der Waals surface area contributed by atoms with Crippen LogP contribution < -0.4 is 0 Å². The van der Waals surface area contributed by atoms with Crippen LogP contribution in [-0.2, 0) is 0 Å². The molecule has 47 heavy (non-hydrogen) atoms. The van der Waals surface area contributed by atoms with Gasteiger partial charge in [-0.1, -0.05) is 0 Å². The molecule has 0 radical (unpaired) electrons. The van der Waals surface area contributed by atoms with Gasteiger partial charge in [0, 0.05) is 0 Å². The van der Waals surface area contributed by atoms with E-state index in [1.807, 2.05) is 0 Å². The maximum atomic E-state index is 14.7. The van der Waals surface area contributed by atoms with Crippen molar-refractivity contribution in [1.29, 1.82) is 0 Å². The van der Waals surface area contributed by atoms with E-state index in [-0.39, 0.29) is 0 Å². The second-order valence-corrected chi connectivity index (χ2v) is 45.2. The molecule has 0 aromatic rings. The van der Waals surface area contributed by atoms with Gasteiger partial charge in [-0.05, 0) is 0 Å². The van der Waals surface area contributed by atoms with Crippen molar-refractivity contribution in [2.75, 3.05) is 0 Å². The Morgan fingerprint density at radius 3 is 0.936 bits per heavy atom. The van der Waals surface area contributed by atoms with Gasteiger partial charge in [0.2, 0.25) is 0 Å². The summed E-state index contributed by atoms with van der Waals surface area (Å²) in [6.45, 7) is 3.33. The van der Waals surface area contributed by atoms with Crippen LogP contribution in [0.4, 0.5) is 87.8 Å². The average molecular weight is 886 g/mol. The molecule has 0 fully saturated rings. The molecule has 0 rings (SSSR count). The summed E-state index contributed by atoms with van der Waals surface area (Å²) in [6, 6.07) is -4.21. The summed E-state index contributed by atoms with van der Waals surface area (Å²) in [7, 11) is 0. The van der Waals surface area contributed by atoms with Crippen molar-refractivity contribution >= 4 is 30.6 Å². The zero-order valence-corrected chi connectivity index (χ0v) is 29.5. The van der Waals surface area contributed by atoms with Crippen LogP contribution in [0.5, 0.6) is 0 Å². The fraction of sp³-hybridized carbons (Fsp3) is 1.00. The molecule has 0 aliphatic heterocycles. The molecule has 0 saturated carbocycles. The number of unbranched alkanes of at least 4 members (excludes halogenated alkanes) is 2. The Labute approximate surface area is 268 Å². The number of hydrogen-bond acceptors (Lipinski definition) is 0. The molecule has 0 aliphatic carbocycles. The van der Waals surface area contributed by atoms with Gasteiger partial charge in [0.1, 0.15) is 0 Å². The molecule has 0 nitrogen and oxygen atoms in total. The summed E-state index contributed by atoms with van der Waals surface area (Å²) in [5, 5.41) is 0. The van der Waals surface area contributed by atoms with Crippen molar-refractivity contribution in [3.8, 4) is 0 Å². The molecule has 0 saturated heterocycles. The summed E-state index contributed by atoms with van der Waals surface area (Å²) < 4.78 is 274. The Morgan fingerprint density at radius 2 is 0.702 bits per heavy atom. The van der Waals surface area contributed by atoms with Gasteiger partial charge < -0.3 is 0 Å². The normalized spacial score (nSPS) is 16.9. The molecule has 0 aromatic carbocycles. The van der Waals surface area contributed by atoms with Crippen LogP contribution >= 0.6 is 0 Å². The van der Waals surface area contributed by atoms with E-state index in [1.54, 1.807) is 0 Å². The van der Waals surface area contributed by atoms with Crippen molar-refractivity contribution in [2.24, 2.45) is 0 Å². The zero-order chi connectivity index (χ0) is 37.9. The van der Waals surface area contributed by atoms with E-state index < -0.39 is 154 Å². The van der Waals surface area contributed by atoms with E-state index in [9.17, 15) is 87.8 Å². The first kappa shape index (κ1) is 46.8. The van der Waals surface area contributed by atoms with Crippen molar-refractivity contribution in [2.45, 2.75) is 150 Å². The van der Waals surface area contributed by atoms with Crippen LogP contribution in [0.3, 0.4) is 0 Å². The first-order valence-electron chi connectivity index (χ1n) is 13.8. The molecule has 0 aromatic heterocycles. The zero-order valence-electron chi connectivity index (χ0n) is 25.2. The van der Waals surface area contributed by atoms with Crippen LogP contribution in [-0.4, -0.2) is 90.8 Å². The van der Waals surface area contributed by atoms with Gasteiger partial charge in [-0.2, -0.15) is 0 Å². The molecule has 0 amide bonds. The summed E-state index contributed by atoms with van der Waals surface area (Å²) >= 11 is -2.53. The maximum absolute atomic E-state index is 14.7. The van der Waals surface area contributed by atoms with Gasteiger partial charge in [-0.15, -0.1) is 0 Å². The molecule has 2 atom stereocenters. The topological polar surface area (TPSA) is 0 Å². The SMILES string of the molecule is C[Si](C)(CC(F)(F)C(F)(F)C(F)(F)C(F)CCCCC(F)(F)F)[Te][Si](C)(C)CC(F)(F)C(F)(F)C(F)(F)C(F)CCCCC(F)(F)F. The predicted octanol–water partition coefficient (Wildman–Crippen LogP) is 11.8. The Hall–Kier alpha value is -0.177. The number of halogens is 20. The van der Waals surface area contributed by atoms with E-state index in [2.05, 4.69) is 0 Å². The average Bonchev–Trinajstić information content (AvgIpc) is 2.80. The van der Waals surface area contributed by atoms with Gasteiger partial charge in [0.15, 0.2) is 0 Å². The second-order valence-electron chi connectivity index (χ2n) is 12.4. The van der Waals surface area contributed by atoms with Crippen LogP contribution in [0.15, 0.2) is 0 Å². The minimum absolute atomic E-state index is 0.833. The molecule has 0 N–H and O–H groups in total. The van der Waals surface area contributed by atoms with Crippen LogP contribution in [0, 0.1) is 0 Å². The number of alkyl halides is 20. The Bertz CT molecular complexity index is 901. The minimum atomic E-state index is -6.44. The van der Waals surface area contributed by atoms with Gasteiger partial charge >= 0.3 is 268 Å². The molecular weight excluding hydrogens is 852 g/mol. The molecule has 0 bridgehead atoms. The van der Waals surface area contributed by atoms with Gasteiger partial charge in [-0.25, -0.2) is 0 Å². The van der Waals surface area contributed by atoms with Crippen LogP contribution in [0.2, 0.25) is 38.3 Å². The van der Waals surface area contributed by atoms with Crippen molar-refractivity contribution in [3.05, 3.63) is 0 Å². The molecule has 0 heterocycles. The molecule has 2 unspecified atom stereocenters. The van der Waals surface area contributed by atoms with Crippen molar-refractivity contribution in [3.63, 3.8) is 0 Å². The summed E-state index contributed by atoms with van der Waals surface area (Å²) in [5.74, 6) is -36.6. The van der Waals surface area contributed by atoms with Gasteiger partial charge in [-0.3, -0.25) is 0 Å². The number of hydrogen-bond donors (Lipinski definition) is 0. The fourth-order valence-electron chi connectivity index (χ4n) is 4.65. The molecule has 0 spiro atoms. The molecule has 23 heteroatoms. The van der Waals surface area contributed by atoms with Gasteiger partial charge in [0.25, 0.3) is 0 Å². The first-order chi connectivity index (χ1) is 20.4. The molecular formula is C24H34F20Si2Te. The summed E-state index contributed by atoms with van der Waals surface area (Å²) in [4.78, 5) is 0. The van der Waals surface area contributed by atoms with E-state index >= 15 is 0 Å². The second kappa shape index (κ2) is 15.6. The third-order valence-corrected chi connectivity index (χ3v) is 44.6. The van der Waals surface area contributed by atoms with E-state index in [1.165, 1.54) is 0 Å². The standard InChI is InChI=1S/C24H34F20Si2Te/c1-45(2,13-17(27,28)23(41,42)21(37,38)15(25)9-5-7-11-19(31,32)33)47-46(3,4)14-18(29,30)24(43,44)22(39,40)16(26)10-6-8-12-20(34,35)36/h15-16H,5-14H2,1-4H3. The fourth-order valence-corrected chi connectivity index (χ4v) is 59.0.